The van der Waals surface area contributed by atoms with Gasteiger partial charge in [0.15, 0.2) is 0 Å². The van der Waals surface area contributed by atoms with E-state index in [9.17, 15) is 4.79 Å². The molecule has 1 aliphatic rings. The molecule has 0 radical (unpaired) electrons. The van der Waals surface area contributed by atoms with Crippen molar-refractivity contribution in [3.05, 3.63) is 101 Å². The molecule has 0 N–H and O–H groups in total. The van der Waals surface area contributed by atoms with E-state index in [0.29, 0.717) is 23.2 Å². The first kappa shape index (κ1) is 19.0. The van der Waals surface area contributed by atoms with Gasteiger partial charge in [-0.15, -0.1) is 0 Å². The number of halogens is 1. The Labute approximate surface area is 174 Å². The van der Waals surface area contributed by atoms with Gasteiger partial charge in [0.2, 0.25) is 0 Å². The van der Waals surface area contributed by atoms with Crippen LogP contribution in [0.5, 0.6) is 5.75 Å². The number of carbonyl (C=O) groups excluding carboxylic acids is 1. The van der Waals surface area contributed by atoms with Crippen molar-refractivity contribution in [3.8, 4) is 5.75 Å². The molecule has 4 rings (SSSR count). The van der Waals surface area contributed by atoms with Crippen LogP contribution in [-0.4, -0.2) is 18.3 Å². The Morgan fingerprint density at radius 3 is 2.31 bits per heavy atom. The normalized spacial score (nSPS) is 15.0. The number of amides is 1. The molecule has 29 heavy (non-hydrogen) atoms. The van der Waals surface area contributed by atoms with Crippen LogP contribution in [0.15, 0.2) is 89.6 Å². The first-order valence-electron chi connectivity index (χ1n) is 9.34. The van der Waals surface area contributed by atoms with Crippen molar-refractivity contribution in [2.24, 2.45) is 4.99 Å². The molecule has 0 unspecified atom stereocenters. The summed E-state index contributed by atoms with van der Waals surface area (Å²) < 4.78 is 5.48. The Bertz CT molecular complexity index is 1070. The number of carbonyl (C=O) groups is 1. The van der Waals surface area contributed by atoms with Gasteiger partial charge >= 0.3 is 0 Å². The van der Waals surface area contributed by atoms with Crippen LogP contribution in [0.2, 0.25) is 5.02 Å². The highest BCUT2D eigenvalue weighted by Gasteiger charge is 2.32. The van der Waals surface area contributed by atoms with Gasteiger partial charge in [0.1, 0.15) is 17.3 Å². The van der Waals surface area contributed by atoms with Crippen LogP contribution >= 0.6 is 11.6 Å². The molecule has 5 heteroatoms. The largest absolute Gasteiger partial charge is 0.494 e. The molecule has 0 saturated heterocycles. The number of ether oxygens (including phenoxy) is 1. The second-order valence-corrected chi connectivity index (χ2v) is 6.89. The first-order valence-corrected chi connectivity index (χ1v) is 9.72. The highest BCUT2D eigenvalue weighted by Crippen LogP contribution is 2.29. The van der Waals surface area contributed by atoms with Crippen LogP contribution in [0.25, 0.3) is 6.08 Å². The number of hydrogen-bond donors (Lipinski definition) is 0. The van der Waals surface area contributed by atoms with E-state index in [1.807, 2.05) is 73.7 Å². The molecule has 0 fully saturated rings. The van der Waals surface area contributed by atoms with Gasteiger partial charge in [-0.3, -0.25) is 9.69 Å². The SMILES string of the molecule is CCOc1ccc(/C=C2/N=C(c3ccccc3)N(c3ccc(Cl)cc3)C2=O)cc1. The molecule has 4 nitrogen and oxygen atoms in total. The van der Waals surface area contributed by atoms with E-state index < -0.39 is 0 Å². The summed E-state index contributed by atoms with van der Waals surface area (Å²) in [6.45, 7) is 2.55. The average molecular weight is 403 g/mol. The fourth-order valence-corrected chi connectivity index (χ4v) is 3.24. The van der Waals surface area contributed by atoms with Crippen molar-refractivity contribution in [1.82, 2.24) is 0 Å². The minimum atomic E-state index is -0.180. The maximum Gasteiger partial charge on any atom is 0.282 e. The van der Waals surface area contributed by atoms with Crippen LogP contribution in [0, 0.1) is 0 Å². The van der Waals surface area contributed by atoms with Gasteiger partial charge in [-0.05, 0) is 55.0 Å². The van der Waals surface area contributed by atoms with Crippen molar-refractivity contribution in [2.45, 2.75) is 6.92 Å². The molecule has 0 spiro atoms. The van der Waals surface area contributed by atoms with Crippen LogP contribution in [-0.2, 0) is 4.79 Å². The molecular formula is C24H19ClN2O2. The Balaban J connectivity index is 1.74. The van der Waals surface area contributed by atoms with E-state index in [0.717, 1.165) is 22.6 Å². The molecule has 3 aromatic carbocycles. The predicted molar refractivity (Wildman–Crippen MR) is 118 cm³/mol. The number of amidine groups is 1. The van der Waals surface area contributed by atoms with E-state index in [1.54, 1.807) is 23.1 Å². The number of anilines is 1. The summed E-state index contributed by atoms with van der Waals surface area (Å²) in [5, 5.41) is 0.615. The third kappa shape index (κ3) is 4.08. The summed E-state index contributed by atoms with van der Waals surface area (Å²) in [6, 6.07) is 24.4. The van der Waals surface area contributed by atoms with E-state index in [2.05, 4.69) is 4.99 Å². The van der Waals surface area contributed by atoms with Gasteiger partial charge in [-0.1, -0.05) is 54.1 Å². The number of nitrogens with zero attached hydrogens (tertiary/aromatic N) is 2. The van der Waals surface area contributed by atoms with Crippen molar-refractivity contribution < 1.29 is 9.53 Å². The molecule has 0 bridgehead atoms. The number of rotatable bonds is 5. The van der Waals surface area contributed by atoms with Crippen molar-refractivity contribution in [1.29, 1.82) is 0 Å². The minimum absolute atomic E-state index is 0.180. The highest BCUT2D eigenvalue weighted by atomic mass is 35.5. The van der Waals surface area contributed by atoms with Gasteiger partial charge in [-0.2, -0.15) is 0 Å². The number of benzene rings is 3. The third-order valence-corrected chi connectivity index (χ3v) is 4.72. The number of aliphatic imine (C=N–C) groups is 1. The molecular weight excluding hydrogens is 384 g/mol. The molecule has 0 aliphatic carbocycles. The van der Waals surface area contributed by atoms with E-state index >= 15 is 0 Å². The Hall–Kier alpha value is -3.37. The second kappa shape index (κ2) is 8.33. The van der Waals surface area contributed by atoms with Crippen LogP contribution < -0.4 is 9.64 Å². The molecule has 144 valence electrons. The maximum atomic E-state index is 13.2. The zero-order valence-electron chi connectivity index (χ0n) is 15.9. The summed E-state index contributed by atoms with van der Waals surface area (Å²) >= 11 is 6.02. The van der Waals surface area contributed by atoms with Gasteiger partial charge in [0.05, 0.1) is 12.3 Å². The van der Waals surface area contributed by atoms with Crippen LogP contribution in [0.1, 0.15) is 18.1 Å². The summed E-state index contributed by atoms with van der Waals surface area (Å²) in [5.74, 6) is 1.21. The second-order valence-electron chi connectivity index (χ2n) is 6.45. The summed E-state index contributed by atoms with van der Waals surface area (Å²) in [5.41, 5.74) is 2.84. The lowest BCUT2D eigenvalue weighted by atomic mass is 10.1. The molecule has 0 atom stereocenters. The quantitative estimate of drug-likeness (QED) is 0.523. The van der Waals surface area contributed by atoms with Gasteiger partial charge in [-0.25, -0.2) is 4.99 Å². The molecule has 1 heterocycles. The van der Waals surface area contributed by atoms with E-state index in [4.69, 9.17) is 16.3 Å². The lowest BCUT2D eigenvalue weighted by Gasteiger charge is -2.18. The minimum Gasteiger partial charge on any atom is -0.494 e. The zero-order chi connectivity index (χ0) is 20.2. The zero-order valence-corrected chi connectivity index (χ0v) is 16.6. The lowest BCUT2D eigenvalue weighted by Crippen LogP contribution is -2.32. The summed E-state index contributed by atoms with van der Waals surface area (Å²) in [6.07, 6.45) is 1.79. The lowest BCUT2D eigenvalue weighted by molar-refractivity contribution is -0.113. The van der Waals surface area contributed by atoms with Crippen LogP contribution in [0.3, 0.4) is 0 Å². The van der Waals surface area contributed by atoms with Gasteiger partial charge in [0, 0.05) is 10.6 Å². The van der Waals surface area contributed by atoms with Gasteiger partial charge < -0.3 is 4.74 Å². The molecule has 3 aromatic rings. The fraction of sp³-hybridized carbons (Fsp3) is 0.0833. The monoisotopic (exact) mass is 402 g/mol. The Kier molecular flexibility index (Phi) is 5.45. The van der Waals surface area contributed by atoms with E-state index in [1.165, 1.54) is 0 Å². The summed E-state index contributed by atoms with van der Waals surface area (Å²) in [7, 11) is 0. The summed E-state index contributed by atoms with van der Waals surface area (Å²) in [4.78, 5) is 19.5. The highest BCUT2D eigenvalue weighted by molar-refractivity contribution is 6.33. The van der Waals surface area contributed by atoms with Gasteiger partial charge in [0.25, 0.3) is 5.91 Å². The Morgan fingerprint density at radius 1 is 0.966 bits per heavy atom. The van der Waals surface area contributed by atoms with Crippen molar-refractivity contribution in [3.63, 3.8) is 0 Å². The fourth-order valence-electron chi connectivity index (χ4n) is 3.11. The van der Waals surface area contributed by atoms with Crippen molar-refractivity contribution >= 4 is 35.1 Å². The predicted octanol–water partition coefficient (Wildman–Crippen LogP) is 5.57. The third-order valence-electron chi connectivity index (χ3n) is 4.47. The first-order chi connectivity index (χ1) is 14.2. The standard InChI is InChI=1S/C24H19ClN2O2/c1-2-29-21-14-8-17(9-15-21)16-22-24(28)27(20-12-10-19(25)11-13-20)23(26-22)18-6-4-3-5-7-18/h3-16H,2H2,1H3/b22-16+. The molecule has 0 saturated carbocycles. The average Bonchev–Trinajstić information content (AvgIpc) is 3.07. The van der Waals surface area contributed by atoms with Crippen LogP contribution in [0.4, 0.5) is 5.69 Å². The number of hydrogen-bond acceptors (Lipinski definition) is 3. The molecule has 1 aliphatic heterocycles. The molecule has 0 aromatic heterocycles. The molecule has 1 amide bonds. The van der Waals surface area contributed by atoms with Crippen molar-refractivity contribution in [2.75, 3.05) is 11.5 Å². The smallest absolute Gasteiger partial charge is 0.282 e. The van der Waals surface area contributed by atoms with E-state index in [-0.39, 0.29) is 5.91 Å². The maximum absolute atomic E-state index is 13.2. The Morgan fingerprint density at radius 2 is 1.66 bits per heavy atom. The topological polar surface area (TPSA) is 41.9 Å².